The molecule has 2 aromatic rings. The molecule has 1 aromatic heterocycles. The summed E-state index contributed by atoms with van der Waals surface area (Å²) in [6, 6.07) is 7.04. The van der Waals surface area contributed by atoms with Gasteiger partial charge >= 0.3 is 0 Å². The van der Waals surface area contributed by atoms with Crippen LogP contribution in [-0.4, -0.2) is 29.6 Å². The lowest BCUT2D eigenvalue weighted by molar-refractivity contribution is 0.458. The zero-order valence-electron chi connectivity index (χ0n) is 12.9. The highest BCUT2D eigenvalue weighted by Gasteiger charge is 2.22. The first-order valence-corrected chi connectivity index (χ1v) is 8.34. The number of hydrogen-bond acceptors (Lipinski definition) is 3. The molecule has 1 heterocycles. The summed E-state index contributed by atoms with van der Waals surface area (Å²) in [4.78, 5) is 0.322. The standard InChI is InChI=1S/C15H21N3O2S/c1-5-18-9-8-14(16-18)11-17(4)21(19,20)15-7-6-12(2)13(3)10-15/h6-10H,5,11H2,1-4H3. The van der Waals surface area contributed by atoms with Gasteiger partial charge in [0.2, 0.25) is 10.0 Å². The molecule has 0 saturated carbocycles. The van der Waals surface area contributed by atoms with E-state index in [1.54, 1.807) is 23.9 Å². The third-order valence-electron chi connectivity index (χ3n) is 3.59. The topological polar surface area (TPSA) is 55.2 Å². The Labute approximate surface area is 126 Å². The first-order chi connectivity index (χ1) is 9.84. The molecule has 0 aliphatic heterocycles. The van der Waals surface area contributed by atoms with Crippen LogP contribution in [-0.2, 0) is 23.1 Å². The number of hydrogen-bond donors (Lipinski definition) is 0. The third kappa shape index (κ3) is 3.33. The van der Waals surface area contributed by atoms with E-state index in [0.29, 0.717) is 4.90 Å². The second-order valence-electron chi connectivity index (χ2n) is 5.17. The summed E-state index contributed by atoms with van der Waals surface area (Å²) >= 11 is 0. The Bertz CT molecular complexity index is 735. The second kappa shape index (κ2) is 5.99. The molecule has 0 aliphatic carbocycles. The van der Waals surface area contributed by atoms with Gasteiger partial charge in [0, 0.05) is 19.8 Å². The maximum atomic E-state index is 12.6. The summed E-state index contributed by atoms with van der Waals surface area (Å²) in [5.41, 5.74) is 2.80. The minimum Gasteiger partial charge on any atom is -0.273 e. The van der Waals surface area contributed by atoms with Crippen LogP contribution in [0.25, 0.3) is 0 Å². The predicted octanol–water partition coefficient (Wildman–Crippen LogP) is 2.34. The molecule has 2 rings (SSSR count). The SMILES string of the molecule is CCn1ccc(CN(C)S(=O)(=O)c2ccc(C)c(C)c2)n1. The fourth-order valence-electron chi connectivity index (χ4n) is 2.03. The van der Waals surface area contributed by atoms with Crippen LogP contribution < -0.4 is 0 Å². The van der Waals surface area contributed by atoms with Crippen molar-refractivity contribution in [1.29, 1.82) is 0 Å². The number of sulfonamides is 1. The summed E-state index contributed by atoms with van der Waals surface area (Å²) < 4.78 is 28.3. The maximum Gasteiger partial charge on any atom is 0.243 e. The molecule has 0 saturated heterocycles. The molecule has 0 fully saturated rings. The summed E-state index contributed by atoms with van der Waals surface area (Å²) in [6.07, 6.45) is 1.85. The van der Waals surface area contributed by atoms with E-state index in [0.717, 1.165) is 23.4 Å². The van der Waals surface area contributed by atoms with Gasteiger partial charge in [-0.1, -0.05) is 6.07 Å². The van der Waals surface area contributed by atoms with Crippen molar-refractivity contribution < 1.29 is 8.42 Å². The van der Waals surface area contributed by atoms with Gasteiger partial charge in [0.25, 0.3) is 0 Å². The Morgan fingerprint density at radius 2 is 1.90 bits per heavy atom. The van der Waals surface area contributed by atoms with Crippen molar-refractivity contribution in [3.8, 4) is 0 Å². The van der Waals surface area contributed by atoms with Crippen LogP contribution in [0.15, 0.2) is 35.4 Å². The van der Waals surface area contributed by atoms with Crippen molar-refractivity contribution >= 4 is 10.0 Å². The summed E-state index contributed by atoms with van der Waals surface area (Å²) in [5, 5.41) is 4.32. The molecular formula is C15H21N3O2S. The van der Waals surface area contributed by atoms with E-state index in [1.807, 2.05) is 39.1 Å². The molecule has 1 aromatic carbocycles. The molecule has 0 spiro atoms. The van der Waals surface area contributed by atoms with E-state index in [4.69, 9.17) is 0 Å². The Kier molecular flexibility index (Phi) is 4.49. The lowest BCUT2D eigenvalue weighted by Gasteiger charge is -2.16. The monoisotopic (exact) mass is 307 g/mol. The highest BCUT2D eigenvalue weighted by molar-refractivity contribution is 7.89. The largest absolute Gasteiger partial charge is 0.273 e. The summed E-state index contributed by atoms with van der Waals surface area (Å²) in [7, 11) is -1.91. The van der Waals surface area contributed by atoms with E-state index in [1.165, 1.54) is 4.31 Å². The Morgan fingerprint density at radius 1 is 1.19 bits per heavy atom. The van der Waals surface area contributed by atoms with Crippen molar-refractivity contribution in [3.63, 3.8) is 0 Å². The minimum absolute atomic E-state index is 0.266. The molecule has 0 aliphatic rings. The zero-order chi connectivity index (χ0) is 15.6. The molecule has 5 nitrogen and oxygen atoms in total. The second-order valence-corrected chi connectivity index (χ2v) is 7.21. The Morgan fingerprint density at radius 3 is 2.48 bits per heavy atom. The highest BCUT2D eigenvalue weighted by atomic mass is 32.2. The van der Waals surface area contributed by atoms with Crippen molar-refractivity contribution in [1.82, 2.24) is 14.1 Å². The quantitative estimate of drug-likeness (QED) is 0.852. The minimum atomic E-state index is -3.49. The maximum absolute atomic E-state index is 12.6. The van der Waals surface area contributed by atoms with E-state index in [9.17, 15) is 8.42 Å². The van der Waals surface area contributed by atoms with E-state index in [-0.39, 0.29) is 6.54 Å². The zero-order valence-corrected chi connectivity index (χ0v) is 13.7. The normalized spacial score (nSPS) is 12.0. The van der Waals surface area contributed by atoms with Crippen LogP contribution in [0.4, 0.5) is 0 Å². The van der Waals surface area contributed by atoms with Gasteiger partial charge in [0.05, 0.1) is 17.1 Å². The van der Waals surface area contributed by atoms with Gasteiger partial charge in [-0.2, -0.15) is 9.40 Å². The van der Waals surface area contributed by atoms with Crippen molar-refractivity contribution in [2.24, 2.45) is 0 Å². The fraction of sp³-hybridized carbons (Fsp3) is 0.400. The van der Waals surface area contributed by atoms with Crippen molar-refractivity contribution in [3.05, 3.63) is 47.3 Å². The van der Waals surface area contributed by atoms with Gasteiger partial charge in [0.15, 0.2) is 0 Å². The van der Waals surface area contributed by atoms with Gasteiger partial charge in [-0.05, 0) is 50.1 Å². The van der Waals surface area contributed by atoms with Crippen LogP contribution in [0.3, 0.4) is 0 Å². The number of aromatic nitrogens is 2. The molecular weight excluding hydrogens is 286 g/mol. The van der Waals surface area contributed by atoms with Gasteiger partial charge in [-0.25, -0.2) is 8.42 Å². The first kappa shape index (κ1) is 15.7. The van der Waals surface area contributed by atoms with E-state index < -0.39 is 10.0 Å². The van der Waals surface area contributed by atoms with Crippen molar-refractivity contribution in [2.75, 3.05) is 7.05 Å². The Balaban J connectivity index is 2.23. The number of nitrogens with zero attached hydrogens (tertiary/aromatic N) is 3. The molecule has 21 heavy (non-hydrogen) atoms. The highest BCUT2D eigenvalue weighted by Crippen LogP contribution is 2.19. The molecule has 6 heteroatoms. The third-order valence-corrected chi connectivity index (χ3v) is 5.39. The van der Waals surface area contributed by atoms with Crippen LogP contribution >= 0.6 is 0 Å². The van der Waals surface area contributed by atoms with E-state index >= 15 is 0 Å². The van der Waals surface area contributed by atoms with Gasteiger partial charge < -0.3 is 0 Å². The number of benzene rings is 1. The van der Waals surface area contributed by atoms with Crippen LogP contribution in [0.2, 0.25) is 0 Å². The fourth-order valence-corrected chi connectivity index (χ4v) is 3.26. The van der Waals surface area contributed by atoms with Gasteiger partial charge in [-0.15, -0.1) is 0 Å². The smallest absolute Gasteiger partial charge is 0.243 e. The van der Waals surface area contributed by atoms with Gasteiger partial charge in [0.1, 0.15) is 0 Å². The van der Waals surface area contributed by atoms with Crippen molar-refractivity contribution in [2.45, 2.75) is 38.8 Å². The summed E-state index contributed by atoms with van der Waals surface area (Å²) in [5.74, 6) is 0. The molecule has 0 radical (unpaired) electrons. The predicted molar refractivity (Wildman–Crippen MR) is 82.5 cm³/mol. The van der Waals surface area contributed by atoms with Crippen LogP contribution in [0.1, 0.15) is 23.7 Å². The van der Waals surface area contributed by atoms with E-state index in [2.05, 4.69) is 5.10 Å². The van der Waals surface area contributed by atoms with Crippen LogP contribution in [0, 0.1) is 13.8 Å². The molecule has 0 atom stereocenters. The molecule has 0 bridgehead atoms. The number of rotatable bonds is 5. The lowest BCUT2D eigenvalue weighted by atomic mass is 10.1. The molecule has 0 amide bonds. The molecule has 0 unspecified atom stereocenters. The number of aryl methyl sites for hydroxylation is 3. The summed E-state index contributed by atoms with van der Waals surface area (Å²) in [6.45, 7) is 6.91. The first-order valence-electron chi connectivity index (χ1n) is 6.90. The lowest BCUT2D eigenvalue weighted by Crippen LogP contribution is -2.26. The average Bonchev–Trinajstić information content (AvgIpc) is 2.89. The van der Waals surface area contributed by atoms with Crippen LogP contribution in [0.5, 0.6) is 0 Å². The molecule has 0 N–H and O–H groups in total. The average molecular weight is 307 g/mol. The Hall–Kier alpha value is -1.66. The van der Waals surface area contributed by atoms with Gasteiger partial charge in [-0.3, -0.25) is 4.68 Å². The molecule has 114 valence electrons.